The van der Waals surface area contributed by atoms with Crippen LogP contribution in [0.1, 0.15) is 19.8 Å². The molecule has 106 valence electrons. The lowest BCUT2D eigenvalue weighted by molar-refractivity contribution is -0.125. The van der Waals surface area contributed by atoms with Crippen molar-refractivity contribution in [1.82, 2.24) is 5.32 Å². The first-order chi connectivity index (χ1) is 8.51. The molecule has 1 amide bonds. The molecule has 1 aliphatic heterocycles. The van der Waals surface area contributed by atoms with Crippen molar-refractivity contribution in [3.8, 4) is 0 Å². The topological polar surface area (TPSA) is 41.1 Å². The van der Waals surface area contributed by atoms with E-state index in [9.17, 15) is 9.18 Å². The van der Waals surface area contributed by atoms with Crippen LogP contribution < -0.4 is 10.6 Å². The predicted octanol–water partition coefficient (Wildman–Crippen LogP) is 3.34. The van der Waals surface area contributed by atoms with E-state index >= 15 is 0 Å². The average Bonchev–Trinajstić information content (AvgIpc) is 2.35. The normalized spacial score (nSPS) is 22.5. The van der Waals surface area contributed by atoms with Crippen molar-refractivity contribution in [2.45, 2.75) is 19.8 Å². The van der Waals surface area contributed by atoms with Gasteiger partial charge < -0.3 is 10.6 Å². The van der Waals surface area contributed by atoms with Crippen molar-refractivity contribution in [1.29, 1.82) is 0 Å². The van der Waals surface area contributed by atoms with Gasteiger partial charge in [0.1, 0.15) is 5.82 Å². The molecule has 1 fully saturated rings. The van der Waals surface area contributed by atoms with E-state index in [0.29, 0.717) is 16.7 Å². The molecule has 1 aromatic carbocycles. The number of benzene rings is 1. The second-order valence-corrected chi connectivity index (χ2v) is 5.78. The highest BCUT2D eigenvalue weighted by molar-refractivity contribution is 9.10. The van der Waals surface area contributed by atoms with Crippen molar-refractivity contribution in [2.75, 3.05) is 18.4 Å². The minimum absolute atomic E-state index is 0. The maximum atomic E-state index is 13.4. The molecule has 1 saturated heterocycles. The minimum Gasteiger partial charge on any atom is -0.325 e. The summed E-state index contributed by atoms with van der Waals surface area (Å²) >= 11 is 3.09. The maximum Gasteiger partial charge on any atom is 0.231 e. The summed E-state index contributed by atoms with van der Waals surface area (Å²) in [5, 5.41) is 6.00. The first-order valence-electron chi connectivity index (χ1n) is 5.98. The summed E-state index contributed by atoms with van der Waals surface area (Å²) in [6.07, 6.45) is 1.84. The number of carbonyl (C=O) groups excluding carboxylic acids is 1. The zero-order chi connectivity index (χ0) is 13.2. The van der Waals surface area contributed by atoms with Crippen LogP contribution in [0.2, 0.25) is 0 Å². The van der Waals surface area contributed by atoms with Gasteiger partial charge in [-0.15, -0.1) is 12.4 Å². The molecular formula is C13H17BrClFN2O. The number of anilines is 1. The Morgan fingerprint density at radius 3 is 2.84 bits per heavy atom. The molecule has 1 atom stereocenters. The molecule has 1 aliphatic rings. The Balaban J connectivity index is 0.00000180. The van der Waals surface area contributed by atoms with E-state index in [1.165, 1.54) is 6.07 Å². The summed E-state index contributed by atoms with van der Waals surface area (Å²) in [7, 11) is 0. The minimum atomic E-state index is -0.415. The van der Waals surface area contributed by atoms with Gasteiger partial charge in [-0.3, -0.25) is 4.79 Å². The van der Waals surface area contributed by atoms with E-state index in [1.807, 2.05) is 6.92 Å². The van der Waals surface area contributed by atoms with Crippen molar-refractivity contribution >= 4 is 39.9 Å². The highest BCUT2D eigenvalue weighted by atomic mass is 79.9. The quantitative estimate of drug-likeness (QED) is 0.858. The molecule has 0 saturated carbocycles. The van der Waals surface area contributed by atoms with Crippen LogP contribution in [0.4, 0.5) is 10.1 Å². The Bertz CT molecular complexity index is 464. The van der Waals surface area contributed by atoms with Gasteiger partial charge in [-0.2, -0.15) is 0 Å². The molecule has 1 unspecified atom stereocenters. The number of nitrogens with one attached hydrogen (secondary N) is 2. The van der Waals surface area contributed by atoms with Gasteiger partial charge in [0, 0.05) is 12.2 Å². The smallest absolute Gasteiger partial charge is 0.231 e. The molecule has 0 spiro atoms. The molecule has 1 heterocycles. The Morgan fingerprint density at radius 1 is 1.53 bits per heavy atom. The lowest BCUT2D eigenvalue weighted by Crippen LogP contribution is -2.46. The number of piperidine rings is 1. The third kappa shape index (κ3) is 3.91. The maximum absolute atomic E-state index is 13.4. The third-order valence-electron chi connectivity index (χ3n) is 3.32. The molecule has 6 heteroatoms. The number of hydrogen-bond donors (Lipinski definition) is 2. The monoisotopic (exact) mass is 350 g/mol. The zero-order valence-electron chi connectivity index (χ0n) is 10.6. The summed E-state index contributed by atoms with van der Waals surface area (Å²) in [6.45, 7) is 3.55. The van der Waals surface area contributed by atoms with Gasteiger partial charge in [-0.1, -0.05) is 0 Å². The standard InChI is InChI=1S/C13H16BrFN2O.ClH/c1-13(5-2-6-16-8-13)12(18)17-9-3-4-10(14)11(15)7-9;/h3-4,7,16H,2,5-6,8H2,1H3,(H,17,18);1H. The molecule has 0 aromatic heterocycles. The highest BCUT2D eigenvalue weighted by Crippen LogP contribution is 2.28. The molecule has 2 rings (SSSR count). The van der Waals surface area contributed by atoms with Crippen molar-refractivity contribution < 1.29 is 9.18 Å². The van der Waals surface area contributed by atoms with Crippen LogP contribution in [0.25, 0.3) is 0 Å². The lowest BCUT2D eigenvalue weighted by Gasteiger charge is -2.32. The van der Waals surface area contributed by atoms with Gasteiger partial charge in [0.2, 0.25) is 5.91 Å². The first-order valence-corrected chi connectivity index (χ1v) is 6.78. The van der Waals surface area contributed by atoms with Gasteiger partial charge >= 0.3 is 0 Å². The van der Waals surface area contributed by atoms with Crippen molar-refractivity contribution in [3.05, 3.63) is 28.5 Å². The van der Waals surface area contributed by atoms with E-state index < -0.39 is 5.41 Å². The van der Waals surface area contributed by atoms with Crippen molar-refractivity contribution in [3.63, 3.8) is 0 Å². The van der Waals surface area contributed by atoms with E-state index in [-0.39, 0.29) is 24.1 Å². The third-order valence-corrected chi connectivity index (χ3v) is 3.97. The highest BCUT2D eigenvalue weighted by Gasteiger charge is 2.34. The summed E-state index contributed by atoms with van der Waals surface area (Å²) in [5.41, 5.74) is 0.0782. The fourth-order valence-electron chi connectivity index (χ4n) is 2.11. The molecule has 19 heavy (non-hydrogen) atoms. The van der Waals surface area contributed by atoms with E-state index in [1.54, 1.807) is 12.1 Å². The Kier molecular flexibility index (Phi) is 5.77. The second-order valence-electron chi connectivity index (χ2n) is 4.92. The van der Waals surface area contributed by atoms with Crippen LogP contribution in [-0.2, 0) is 4.79 Å². The molecule has 3 nitrogen and oxygen atoms in total. The van der Waals surface area contributed by atoms with Crippen LogP contribution in [0, 0.1) is 11.2 Å². The van der Waals surface area contributed by atoms with Gasteiger partial charge in [-0.25, -0.2) is 4.39 Å². The number of carbonyl (C=O) groups is 1. The number of rotatable bonds is 2. The van der Waals surface area contributed by atoms with E-state index in [4.69, 9.17) is 0 Å². The molecule has 1 aromatic rings. The molecular weight excluding hydrogens is 335 g/mol. The second kappa shape index (κ2) is 6.68. The van der Waals surface area contributed by atoms with E-state index in [0.717, 1.165) is 19.4 Å². The average molecular weight is 352 g/mol. The number of amides is 1. The van der Waals surface area contributed by atoms with Crippen LogP contribution >= 0.6 is 28.3 Å². The van der Waals surface area contributed by atoms with Crippen molar-refractivity contribution in [2.24, 2.45) is 5.41 Å². The lowest BCUT2D eigenvalue weighted by atomic mass is 9.82. The number of halogens is 3. The fraction of sp³-hybridized carbons (Fsp3) is 0.462. The molecule has 2 N–H and O–H groups in total. The Morgan fingerprint density at radius 2 is 2.26 bits per heavy atom. The van der Waals surface area contributed by atoms with Crippen LogP contribution in [-0.4, -0.2) is 19.0 Å². The molecule has 0 radical (unpaired) electrons. The predicted molar refractivity (Wildman–Crippen MR) is 80.2 cm³/mol. The molecule has 0 aliphatic carbocycles. The SMILES string of the molecule is CC1(C(=O)Nc2ccc(Br)c(F)c2)CCCNC1.Cl. The van der Waals surface area contributed by atoms with Gasteiger partial charge in [-0.05, 0) is 60.4 Å². The first kappa shape index (κ1) is 16.4. The fourth-order valence-corrected chi connectivity index (χ4v) is 2.35. The van der Waals surface area contributed by atoms with Gasteiger partial charge in [0.05, 0.1) is 9.89 Å². The largest absolute Gasteiger partial charge is 0.325 e. The Labute approximate surface area is 126 Å². The van der Waals surface area contributed by atoms with Crippen LogP contribution in [0.5, 0.6) is 0 Å². The Hall–Kier alpha value is -0.650. The van der Waals surface area contributed by atoms with Gasteiger partial charge in [0.25, 0.3) is 0 Å². The zero-order valence-corrected chi connectivity index (χ0v) is 13.0. The van der Waals surface area contributed by atoms with E-state index in [2.05, 4.69) is 26.6 Å². The van der Waals surface area contributed by atoms with Crippen LogP contribution in [0.15, 0.2) is 22.7 Å². The molecule has 0 bridgehead atoms. The summed E-state index contributed by atoms with van der Waals surface area (Å²) in [4.78, 5) is 12.2. The van der Waals surface area contributed by atoms with Crippen LogP contribution in [0.3, 0.4) is 0 Å². The summed E-state index contributed by atoms with van der Waals surface area (Å²) in [5.74, 6) is -0.434. The summed E-state index contributed by atoms with van der Waals surface area (Å²) in [6, 6.07) is 4.60. The van der Waals surface area contributed by atoms with Gasteiger partial charge in [0.15, 0.2) is 0 Å². The summed E-state index contributed by atoms with van der Waals surface area (Å²) < 4.78 is 13.8. The number of hydrogen-bond acceptors (Lipinski definition) is 2.